The first-order chi connectivity index (χ1) is 23.6. The van der Waals surface area contributed by atoms with Gasteiger partial charge in [0.25, 0.3) is 0 Å². The van der Waals surface area contributed by atoms with Gasteiger partial charge in [0.2, 0.25) is 11.8 Å². The molecule has 3 heterocycles. The highest BCUT2D eigenvalue weighted by Gasteiger charge is 2.58. The summed E-state index contributed by atoms with van der Waals surface area (Å²) in [6.45, 7) is 1.85. The van der Waals surface area contributed by atoms with Gasteiger partial charge >= 0.3 is 19.5 Å². The van der Waals surface area contributed by atoms with Crippen LogP contribution in [0.25, 0.3) is 11.6 Å². The summed E-state index contributed by atoms with van der Waals surface area (Å²) in [5, 5.41) is 21.4. The minimum Gasteiger partial charge on any atom is -0.507 e. The van der Waals surface area contributed by atoms with E-state index in [0.29, 0.717) is 46.7 Å². The van der Waals surface area contributed by atoms with Crippen LogP contribution in [-0.4, -0.2) is 40.2 Å². The maximum Gasteiger partial charge on any atom is 0.455 e. The van der Waals surface area contributed by atoms with Crippen molar-refractivity contribution in [3.05, 3.63) is 98.8 Å². The van der Waals surface area contributed by atoms with Gasteiger partial charge in [0.1, 0.15) is 5.75 Å². The molecule has 0 saturated carbocycles. The van der Waals surface area contributed by atoms with Gasteiger partial charge in [-0.15, -0.1) is 0 Å². The number of pyridine rings is 1. The number of amides is 2. The van der Waals surface area contributed by atoms with Crippen LogP contribution in [0.2, 0.25) is 6.32 Å². The summed E-state index contributed by atoms with van der Waals surface area (Å²) in [6.07, 6.45) is -6.64. The number of aromatic hydroxyl groups is 1. The number of hydrogen-bond acceptors (Lipinski definition) is 6. The van der Waals surface area contributed by atoms with E-state index in [0.717, 1.165) is 15.6 Å². The van der Waals surface area contributed by atoms with E-state index in [1.807, 2.05) is 13.0 Å². The minimum atomic E-state index is -5.17. The fourth-order valence-corrected chi connectivity index (χ4v) is 7.75. The number of phenols is 1. The van der Waals surface area contributed by atoms with Crippen LogP contribution in [0.15, 0.2) is 76.4 Å². The van der Waals surface area contributed by atoms with Crippen LogP contribution >= 0.6 is 15.9 Å². The Balaban J connectivity index is 1.35. The van der Waals surface area contributed by atoms with Crippen LogP contribution in [0.3, 0.4) is 0 Å². The molecular formula is C35H30BBrF6N2O5. The zero-order valence-electron chi connectivity index (χ0n) is 26.4. The van der Waals surface area contributed by atoms with Gasteiger partial charge in [0, 0.05) is 16.2 Å². The van der Waals surface area contributed by atoms with E-state index >= 15 is 0 Å². The maximum atomic E-state index is 14.0. The summed E-state index contributed by atoms with van der Waals surface area (Å²) in [4.78, 5) is 32.7. The van der Waals surface area contributed by atoms with E-state index in [1.165, 1.54) is 0 Å². The van der Waals surface area contributed by atoms with Gasteiger partial charge in [-0.2, -0.15) is 26.3 Å². The first-order valence-electron chi connectivity index (χ1n) is 15.9. The fraction of sp³-hybridized carbons (Fsp3) is 0.343. The van der Waals surface area contributed by atoms with Crippen LogP contribution < -0.4 is 4.90 Å². The molecule has 3 aliphatic rings. The molecule has 0 bridgehead atoms. The molecule has 2 N–H and O–H groups in total. The van der Waals surface area contributed by atoms with Gasteiger partial charge in [-0.1, -0.05) is 34.5 Å². The predicted octanol–water partition coefficient (Wildman–Crippen LogP) is 8.32. The van der Waals surface area contributed by atoms with E-state index < -0.39 is 72.0 Å². The Bertz CT molecular complexity index is 1850. The second-order valence-electron chi connectivity index (χ2n) is 12.6. The standard InChI is InChI=1S/C35H30BBrF6N2O5/c1-2-18-13-25-31(33(48)45(32(25)47)24-15-21(34(38,39)40)14-22(16-24)35(41,42)43)26-17-36(49)50-29(30(18)26)9-6-19(27-5-3-4-10-44-27)11-20-12-23(37)7-8-28(20)46/h3-5,7-8,10-12,14-16,25-26,29,31,46,49H,2,6,9,13,17H2,1H3/b19-11-/t25-,26+,29-,31-/m1/s1. The first kappa shape index (κ1) is 35.9. The maximum absolute atomic E-state index is 14.0. The lowest BCUT2D eigenvalue weighted by Crippen LogP contribution is -2.46. The van der Waals surface area contributed by atoms with Gasteiger partial charge in [0.05, 0.1) is 40.4 Å². The summed E-state index contributed by atoms with van der Waals surface area (Å²) in [7, 11) is -1.36. The van der Waals surface area contributed by atoms with Crippen LogP contribution in [0, 0.1) is 17.8 Å². The lowest BCUT2D eigenvalue weighted by atomic mass is 9.58. The molecule has 0 spiro atoms. The van der Waals surface area contributed by atoms with E-state index in [2.05, 4.69) is 20.9 Å². The zero-order valence-corrected chi connectivity index (χ0v) is 28.0. The van der Waals surface area contributed by atoms with Crippen molar-refractivity contribution in [1.82, 2.24) is 4.98 Å². The number of alkyl halides is 6. The van der Waals surface area contributed by atoms with Crippen LogP contribution in [-0.2, 0) is 26.6 Å². The molecule has 2 saturated heterocycles. The number of hydrogen-bond donors (Lipinski definition) is 2. The quantitative estimate of drug-likeness (QED) is 0.109. The lowest BCUT2D eigenvalue weighted by Gasteiger charge is -2.43. The second kappa shape index (κ2) is 13.6. The zero-order chi connectivity index (χ0) is 36.1. The molecule has 1 aromatic heterocycles. The van der Waals surface area contributed by atoms with E-state index in [4.69, 9.17) is 4.65 Å². The number of carbonyl (C=O) groups excluding carboxylic acids is 2. The third kappa shape index (κ3) is 6.99. The predicted molar refractivity (Wildman–Crippen MR) is 176 cm³/mol. The van der Waals surface area contributed by atoms with Crippen LogP contribution in [0.5, 0.6) is 5.75 Å². The normalized spacial score (nSPS) is 23.0. The van der Waals surface area contributed by atoms with Gasteiger partial charge in [-0.25, -0.2) is 4.90 Å². The average Bonchev–Trinajstić information content (AvgIpc) is 3.32. The van der Waals surface area contributed by atoms with E-state index in [1.54, 1.807) is 42.6 Å². The highest BCUT2D eigenvalue weighted by atomic mass is 79.9. The average molecular weight is 763 g/mol. The van der Waals surface area contributed by atoms with Crippen molar-refractivity contribution >= 4 is 52.2 Å². The second-order valence-corrected chi connectivity index (χ2v) is 13.5. The summed E-state index contributed by atoms with van der Waals surface area (Å²) in [6, 6.07) is 11.1. The number of rotatable bonds is 7. The molecule has 15 heteroatoms. The Morgan fingerprint density at radius 3 is 2.34 bits per heavy atom. The highest BCUT2D eigenvalue weighted by Crippen LogP contribution is 2.52. The first-order valence-corrected chi connectivity index (χ1v) is 16.7. The Morgan fingerprint density at radius 1 is 1.02 bits per heavy atom. The van der Waals surface area contributed by atoms with Crippen molar-refractivity contribution in [2.24, 2.45) is 17.8 Å². The molecular weight excluding hydrogens is 733 g/mol. The Hall–Kier alpha value is -3.95. The number of imide groups is 1. The molecule has 4 atom stereocenters. The van der Waals surface area contributed by atoms with Crippen molar-refractivity contribution in [1.29, 1.82) is 0 Å². The molecule has 2 amide bonds. The van der Waals surface area contributed by atoms with Crippen molar-refractivity contribution < 1.29 is 50.7 Å². The molecule has 7 nitrogen and oxygen atoms in total. The fourth-order valence-electron chi connectivity index (χ4n) is 7.37. The van der Waals surface area contributed by atoms with Gasteiger partial charge in [0.15, 0.2) is 0 Å². The highest BCUT2D eigenvalue weighted by molar-refractivity contribution is 9.10. The lowest BCUT2D eigenvalue weighted by molar-refractivity contribution is -0.143. The number of nitrogens with zero attached hydrogens (tertiary/aromatic N) is 2. The number of benzene rings is 2. The number of fused-ring (bicyclic) bond motifs is 3. The number of phenolic OH excluding ortho intramolecular Hbond substituents is 1. The van der Waals surface area contributed by atoms with Crippen molar-refractivity contribution in [3.63, 3.8) is 0 Å². The van der Waals surface area contributed by atoms with Crippen molar-refractivity contribution in [2.75, 3.05) is 4.90 Å². The van der Waals surface area contributed by atoms with Gasteiger partial charge in [-0.3, -0.25) is 14.6 Å². The summed E-state index contributed by atoms with van der Waals surface area (Å²) in [5.41, 5.74) is -0.719. The molecule has 2 fully saturated rings. The number of carbonyl (C=O) groups is 2. The summed E-state index contributed by atoms with van der Waals surface area (Å²) in [5.74, 6) is -4.67. The number of allylic oxidation sites excluding steroid dienone is 2. The number of halogens is 7. The third-order valence-electron chi connectivity index (χ3n) is 9.55. The molecule has 0 radical (unpaired) electrons. The Morgan fingerprint density at radius 2 is 1.72 bits per heavy atom. The summed E-state index contributed by atoms with van der Waals surface area (Å²) >= 11 is 3.41. The SMILES string of the molecule is CCC1=C2[C@@H](CC/C(=C/c3cc(Br)ccc3O)c3ccccn3)OB(O)C[C@@H]2[C@@H]2C(=O)N(c3cc(C(F)(F)F)cc(C(F)(F)F)c3)C(=O)[C@@H]2C1. The monoisotopic (exact) mass is 762 g/mol. The smallest absolute Gasteiger partial charge is 0.455 e. The molecule has 2 aromatic carbocycles. The largest absolute Gasteiger partial charge is 0.507 e. The molecule has 1 aliphatic carbocycles. The minimum absolute atomic E-state index is 0.0393. The van der Waals surface area contributed by atoms with Gasteiger partial charge < -0.3 is 14.8 Å². The van der Waals surface area contributed by atoms with Crippen LogP contribution in [0.1, 0.15) is 55.0 Å². The van der Waals surface area contributed by atoms with Crippen molar-refractivity contribution in [2.45, 2.75) is 57.4 Å². The topological polar surface area (TPSA) is 100.0 Å². The number of aromatic nitrogens is 1. The Labute approximate surface area is 291 Å². The van der Waals surface area contributed by atoms with Crippen molar-refractivity contribution in [3.8, 4) is 5.75 Å². The van der Waals surface area contributed by atoms with E-state index in [9.17, 15) is 46.1 Å². The molecule has 50 heavy (non-hydrogen) atoms. The van der Waals surface area contributed by atoms with E-state index in [-0.39, 0.29) is 31.0 Å². The molecule has 6 rings (SSSR count). The molecule has 262 valence electrons. The summed E-state index contributed by atoms with van der Waals surface area (Å²) < 4.78 is 88.9. The Kier molecular flexibility index (Phi) is 9.79. The number of anilines is 1. The third-order valence-corrected chi connectivity index (χ3v) is 10.0. The van der Waals surface area contributed by atoms with Crippen LogP contribution in [0.4, 0.5) is 32.0 Å². The molecule has 2 aliphatic heterocycles. The van der Waals surface area contributed by atoms with Gasteiger partial charge in [-0.05, 0) is 104 Å². The molecule has 0 unspecified atom stereocenters. The molecule has 3 aromatic rings.